The van der Waals surface area contributed by atoms with Gasteiger partial charge < -0.3 is 44.6 Å². The fraction of sp³-hybridized carbons (Fsp3) is 0.333. The number of carbonyl (C=O) groups is 4. The number of benzene rings is 4. The van der Waals surface area contributed by atoms with Crippen LogP contribution in [-0.2, 0) is 19.1 Å². The SMILES string of the molecule is COC(=O)N[C@H](C(=O)N1CCC[C@H]1c1ncc(-c2ccc(-c3ccc4cc(-c5cnc([C@@H]6CCCN6C(=O)[C@@H](NC(=O)OC)C(C)C)[nH]5)ccc4c3)cc2)[nH]1)c1ccc(OC)cc1. The van der Waals surface area contributed by atoms with Gasteiger partial charge in [0.1, 0.15) is 29.5 Å². The zero-order valence-electron chi connectivity index (χ0n) is 36.0. The summed E-state index contributed by atoms with van der Waals surface area (Å²) in [5.41, 5.74) is 6.41. The number of hydrogen-bond donors (Lipinski definition) is 4. The predicted octanol–water partition coefficient (Wildman–Crippen LogP) is 8.10. The molecule has 4 aromatic carbocycles. The van der Waals surface area contributed by atoms with Crippen LogP contribution in [0.25, 0.3) is 44.4 Å². The minimum atomic E-state index is -0.941. The molecule has 2 aliphatic heterocycles. The topological polar surface area (TPSA) is 184 Å². The van der Waals surface area contributed by atoms with Crippen LogP contribution in [0.5, 0.6) is 5.75 Å². The van der Waals surface area contributed by atoms with Crippen molar-refractivity contribution in [2.24, 2.45) is 5.92 Å². The van der Waals surface area contributed by atoms with Gasteiger partial charge in [0.15, 0.2) is 0 Å². The fourth-order valence-electron chi connectivity index (χ4n) is 8.67. The maximum absolute atomic E-state index is 14.0. The van der Waals surface area contributed by atoms with E-state index < -0.39 is 24.3 Å². The van der Waals surface area contributed by atoms with Crippen LogP contribution in [0.3, 0.4) is 0 Å². The van der Waals surface area contributed by atoms with Crippen molar-refractivity contribution in [1.29, 1.82) is 0 Å². The second kappa shape index (κ2) is 18.4. The second-order valence-corrected chi connectivity index (χ2v) is 16.3. The van der Waals surface area contributed by atoms with E-state index >= 15 is 0 Å². The summed E-state index contributed by atoms with van der Waals surface area (Å²) in [6.07, 6.45) is 5.44. The number of imidazole rings is 2. The van der Waals surface area contributed by atoms with Crippen LogP contribution in [0, 0.1) is 5.92 Å². The number of rotatable bonds is 12. The Morgan fingerprint density at radius 2 is 1.14 bits per heavy atom. The summed E-state index contributed by atoms with van der Waals surface area (Å²) in [5.74, 6) is 1.56. The maximum atomic E-state index is 14.0. The first-order chi connectivity index (χ1) is 30.5. The second-order valence-electron chi connectivity index (χ2n) is 16.3. The fourth-order valence-corrected chi connectivity index (χ4v) is 8.67. The Bertz CT molecular complexity index is 2600. The number of carbonyl (C=O) groups excluding carboxylic acids is 4. The third-order valence-electron chi connectivity index (χ3n) is 12.1. The molecule has 4 atom stereocenters. The highest BCUT2D eigenvalue weighted by Gasteiger charge is 2.39. The Labute approximate surface area is 365 Å². The Hall–Kier alpha value is -7.16. The number of hydrogen-bond acceptors (Lipinski definition) is 9. The van der Waals surface area contributed by atoms with Gasteiger partial charge in [-0.05, 0) is 88.9 Å². The molecular formula is C48H52N8O7. The monoisotopic (exact) mass is 852 g/mol. The van der Waals surface area contributed by atoms with E-state index in [1.165, 1.54) is 14.2 Å². The summed E-state index contributed by atoms with van der Waals surface area (Å²) in [6, 6.07) is 25.9. The van der Waals surface area contributed by atoms with E-state index in [1.54, 1.807) is 42.5 Å². The molecule has 8 rings (SSSR count). The van der Waals surface area contributed by atoms with Crippen LogP contribution >= 0.6 is 0 Å². The molecule has 15 nitrogen and oxygen atoms in total. The first-order valence-corrected chi connectivity index (χ1v) is 21.2. The number of methoxy groups -OCH3 is 3. The van der Waals surface area contributed by atoms with E-state index in [-0.39, 0.29) is 29.8 Å². The van der Waals surface area contributed by atoms with Gasteiger partial charge in [0.25, 0.3) is 5.91 Å². The Kier molecular flexibility index (Phi) is 12.4. The number of nitrogens with zero attached hydrogens (tertiary/aromatic N) is 4. The molecule has 2 fully saturated rings. The number of likely N-dealkylation sites (tertiary alicyclic amines) is 2. The lowest BCUT2D eigenvalue weighted by Crippen LogP contribution is -2.51. The van der Waals surface area contributed by atoms with Crippen LogP contribution in [0.1, 0.15) is 74.9 Å². The molecule has 15 heteroatoms. The molecule has 2 aromatic heterocycles. The van der Waals surface area contributed by atoms with Crippen molar-refractivity contribution in [2.45, 2.75) is 63.7 Å². The molecule has 4 amide bonds. The molecule has 0 spiro atoms. The third kappa shape index (κ3) is 8.94. The Morgan fingerprint density at radius 3 is 1.71 bits per heavy atom. The van der Waals surface area contributed by atoms with Crippen molar-refractivity contribution in [3.05, 3.63) is 115 Å². The molecule has 0 saturated carbocycles. The summed E-state index contributed by atoms with van der Waals surface area (Å²) < 4.78 is 14.9. The lowest BCUT2D eigenvalue weighted by atomic mass is 9.98. The van der Waals surface area contributed by atoms with Gasteiger partial charge in [0.05, 0.1) is 57.2 Å². The largest absolute Gasteiger partial charge is 0.497 e. The number of ether oxygens (including phenoxy) is 3. The average molecular weight is 853 g/mol. The Morgan fingerprint density at radius 1 is 0.635 bits per heavy atom. The van der Waals surface area contributed by atoms with E-state index in [9.17, 15) is 19.2 Å². The zero-order chi connectivity index (χ0) is 44.2. The smallest absolute Gasteiger partial charge is 0.407 e. The molecule has 2 aliphatic rings. The van der Waals surface area contributed by atoms with E-state index in [4.69, 9.17) is 24.2 Å². The molecular weight excluding hydrogens is 801 g/mol. The average Bonchev–Trinajstić information content (AvgIpc) is 4.17. The number of nitrogens with one attached hydrogen (secondary N) is 4. The van der Waals surface area contributed by atoms with Crippen molar-refractivity contribution in [3.8, 4) is 39.4 Å². The van der Waals surface area contributed by atoms with Crippen LogP contribution in [0.15, 0.2) is 97.3 Å². The van der Waals surface area contributed by atoms with E-state index in [0.717, 1.165) is 75.9 Å². The lowest BCUT2D eigenvalue weighted by molar-refractivity contribution is -0.135. The van der Waals surface area contributed by atoms with Crippen molar-refractivity contribution in [3.63, 3.8) is 0 Å². The highest BCUT2D eigenvalue weighted by molar-refractivity contribution is 5.91. The maximum Gasteiger partial charge on any atom is 0.407 e. The molecule has 0 aliphatic carbocycles. The normalized spacial score (nSPS) is 17.1. The van der Waals surface area contributed by atoms with Crippen molar-refractivity contribution in [2.75, 3.05) is 34.4 Å². The van der Waals surface area contributed by atoms with Gasteiger partial charge in [0, 0.05) is 18.7 Å². The van der Waals surface area contributed by atoms with Crippen molar-refractivity contribution < 1.29 is 33.4 Å². The molecule has 0 unspecified atom stereocenters. The van der Waals surface area contributed by atoms with Gasteiger partial charge in [-0.3, -0.25) is 9.59 Å². The first-order valence-electron chi connectivity index (χ1n) is 21.2. The molecule has 63 heavy (non-hydrogen) atoms. The van der Waals surface area contributed by atoms with Gasteiger partial charge in [-0.15, -0.1) is 0 Å². The minimum Gasteiger partial charge on any atom is -0.497 e. The number of H-pyrrole nitrogens is 2. The number of fused-ring (bicyclic) bond motifs is 1. The predicted molar refractivity (Wildman–Crippen MR) is 237 cm³/mol. The summed E-state index contributed by atoms with van der Waals surface area (Å²) in [6.45, 7) is 4.92. The lowest BCUT2D eigenvalue weighted by Gasteiger charge is -2.30. The summed E-state index contributed by atoms with van der Waals surface area (Å²) >= 11 is 0. The van der Waals surface area contributed by atoms with E-state index in [2.05, 4.69) is 81.3 Å². The molecule has 6 aromatic rings. The minimum absolute atomic E-state index is 0.111. The number of alkyl carbamates (subject to hydrolysis) is 2. The Balaban J connectivity index is 0.941. The van der Waals surface area contributed by atoms with Crippen molar-refractivity contribution in [1.82, 2.24) is 40.4 Å². The van der Waals surface area contributed by atoms with Gasteiger partial charge in [-0.2, -0.15) is 0 Å². The summed E-state index contributed by atoms with van der Waals surface area (Å²) in [4.78, 5) is 71.9. The molecule has 0 radical (unpaired) electrons. The van der Waals surface area contributed by atoms with E-state index in [1.807, 2.05) is 24.9 Å². The molecule has 4 heterocycles. The number of amides is 4. The number of aromatic amines is 2. The van der Waals surface area contributed by atoms with Crippen LogP contribution in [0.2, 0.25) is 0 Å². The summed E-state index contributed by atoms with van der Waals surface area (Å²) in [5, 5.41) is 7.59. The van der Waals surface area contributed by atoms with Gasteiger partial charge in [0.2, 0.25) is 5.91 Å². The van der Waals surface area contributed by atoms with Crippen LogP contribution in [0.4, 0.5) is 9.59 Å². The summed E-state index contributed by atoms with van der Waals surface area (Å²) in [7, 11) is 4.13. The third-order valence-corrected chi connectivity index (χ3v) is 12.1. The molecule has 4 N–H and O–H groups in total. The molecule has 2 saturated heterocycles. The van der Waals surface area contributed by atoms with Crippen LogP contribution < -0.4 is 15.4 Å². The number of aromatic nitrogens is 4. The highest BCUT2D eigenvalue weighted by atomic mass is 16.5. The van der Waals surface area contributed by atoms with Crippen molar-refractivity contribution >= 4 is 34.8 Å². The molecule has 0 bridgehead atoms. The van der Waals surface area contributed by atoms with Gasteiger partial charge in [-0.1, -0.05) is 74.5 Å². The van der Waals surface area contributed by atoms with Gasteiger partial charge >= 0.3 is 12.2 Å². The zero-order valence-corrected chi connectivity index (χ0v) is 36.0. The quantitative estimate of drug-likeness (QED) is 0.0945. The van der Waals surface area contributed by atoms with Crippen LogP contribution in [-0.4, -0.2) is 94.2 Å². The van der Waals surface area contributed by atoms with Gasteiger partial charge in [-0.25, -0.2) is 19.6 Å². The standard InChI is InChI=1S/C48H52N8O7/c1-28(2)41(53-47(59)62-4)45(57)55-22-6-8-39(55)44-50-27-38(52-44)35-17-16-33-24-32(14-15-34(33)25-35)29-10-12-30(13-11-29)37-26-49-43(51-37)40-9-7-23-56(40)46(58)42(54-48(60)63-5)31-18-20-36(61-3)21-19-31/h10-21,24-28,39-42H,6-9,22-23H2,1-5H3,(H,49,51)(H,50,52)(H,53,59)(H,54,60)/t39-,40-,41-,42-/m0/s1. The highest BCUT2D eigenvalue weighted by Crippen LogP contribution is 2.36. The first kappa shape index (κ1) is 42.5. The molecule has 326 valence electrons. The van der Waals surface area contributed by atoms with E-state index in [0.29, 0.717) is 30.2 Å².